The summed E-state index contributed by atoms with van der Waals surface area (Å²) in [6.45, 7) is 1.28. The molecule has 1 aliphatic heterocycles. The number of halogens is 2. The van der Waals surface area contributed by atoms with Crippen LogP contribution in [0.2, 0.25) is 0 Å². The highest BCUT2D eigenvalue weighted by atomic mass is 32.2. The summed E-state index contributed by atoms with van der Waals surface area (Å²) in [6, 6.07) is 4.92. The lowest BCUT2D eigenvalue weighted by Gasteiger charge is -2.10. The van der Waals surface area contributed by atoms with Crippen LogP contribution in [0, 0.1) is 6.92 Å². The average molecular weight is 305 g/mol. The molecule has 1 saturated heterocycles. The van der Waals surface area contributed by atoms with E-state index >= 15 is 0 Å². The molecule has 1 heterocycles. The highest BCUT2D eigenvalue weighted by molar-refractivity contribution is 7.86. The van der Waals surface area contributed by atoms with Crippen LogP contribution in [-0.2, 0) is 19.1 Å². The summed E-state index contributed by atoms with van der Waals surface area (Å²) >= 11 is 0. The predicted octanol–water partition coefficient (Wildman–Crippen LogP) is 1.22. The highest BCUT2D eigenvalue weighted by Gasteiger charge is 2.48. The molecule has 1 fully saturated rings. The third-order valence-electron chi connectivity index (χ3n) is 2.90. The van der Waals surface area contributed by atoms with Crippen molar-refractivity contribution in [2.24, 2.45) is 0 Å². The minimum atomic E-state index is -4.02. The van der Waals surface area contributed by atoms with Crippen molar-refractivity contribution in [3.05, 3.63) is 29.8 Å². The minimum absolute atomic E-state index is 0.0563. The van der Waals surface area contributed by atoms with Crippen LogP contribution in [0.1, 0.15) is 12.0 Å². The Hall–Kier alpha value is -1.54. The fraction of sp³-hybridized carbons (Fsp3) is 0.417. The number of carbonyl (C=O) groups is 1. The number of carbonyl (C=O) groups excluding carboxylic acids is 1. The fourth-order valence-corrected chi connectivity index (χ4v) is 2.74. The van der Waals surface area contributed by atoms with Crippen LogP contribution in [0.3, 0.4) is 0 Å². The van der Waals surface area contributed by atoms with Crippen LogP contribution in [0.25, 0.3) is 0 Å². The smallest absolute Gasteiger partial charge is 0.326 e. The second-order valence-electron chi connectivity index (χ2n) is 4.63. The van der Waals surface area contributed by atoms with Crippen LogP contribution < -0.4 is 5.32 Å². The first-order valence-corrected chi connectivity index (χ1v) is 7.26. The van der Waals surface area contributed by atoms with E-state index in [0.29, 0.717) is 0 Å². The molecular weight excluding hydrogens is 292 g/mol. The van der Waals surface area contributed by atoms with E-state index in [-0.39, 0.29) is 4.90 Å². The molecule has 8 heteroatoms. The van der Waals surface area contributed by atoms with E-state index in [1.54, 1.807) is 19.1 Å². The first kappa shape index (κ1) is 14.9. The second-order valence-corrected chi connectivity index (χ2v) is 6.25. The van der Waals surface area contributed by atoms with E-state index in [9.17, 15) is 22.0 Å². The third-order valence-corrected chi connectivity index (χ3v) is 4.20. The van der Waals surface area contributed by atoms with Gasteiger partial charge in [0.15, 0.2) is 0 Å². The Kier molecular flexibility index (Phi) is 3.79. The Bertz CT molecular complexity index is 613. The zero-order valence-electron chi connectivity index (χ0n) is 10.6. The maximum absolute atomic E-state index is 13.0. The molecule has 1 aromatic carbocycles. The van der Waals surface area contributed by atoms with Crippen LogP contribution >= 0.6 is 0 Å². The van der Waals surface area contributed by atoms with E-state index in [2.05, 4.69) is 0 Å². The number of benzene rings is 1. The maximum Gasteiger partial charge on any atom is 0.326 e. The van der Waals surface area contributed by atoms with Crippen molar-refractivity contribution in [3.8, 4) is 0 Å². The second kappa shape index (κ2) is 5.10. The van der Waals surface area contributed by atoms with Crippen LogP contribution in [-0.4, -0.2) is 32.9 Å². The molecule has 1 aromatic rings. The summed E-state index contributed by atoms with van der Waals surface area (Å²) in [5.74, 6) is -4.87. The van der Waals surface area contributed by atoms with E-state index in [4.69, 9.17) is 4.18 Å². The van der Waals surface area contributed by atoms with Gasteiger partial charge >= 0.3 is 5.92 Å². The zero-order valence-corrected chi connectivity index (χ0v) is 11.4. The summed E-state index contributed by atoms with van der Waals surface area (Å²) in [5.41, 5.74) is 0.881. The molecule has 1 N–H and O–H groups in total. The third kappa shape index (κ3) is 3.13. The first-order chi connectivity index (χ1) is 9.21. The zero-order chi connectivity index (χ0) is 15.0. The van der Waals surface area contributed by atoms with Gasteiger partial charge in [-0.25, -0.2) is 0 Å². The number of hydrogen-bond acceptors (Lipinski definition) is 4. The number of amides is 1. The highest BCUT2D eigenvalue weighted by Crippen LogP contribution is 2.27. The molecule has 1 atom stereocenters. The van der Waals surface area contributed by atoms with E-state index in [1.165, 1.54) is 12.1 Å². The molecule has 0 radical (unpaired) electrons. The van der Waals surface area contributed by atoms with Crippen LogP contribution in [0.4, 0.5) is 8.78 Å². The molecule has 0 aliphatic carbocycles. The summed E-state index contributed by atoms with van der Waals surface area (Å²) in [5, 5.41) is 2.00. The standard InChI is InChI=1S/C12H13F2NO4S/c1-8-2-4-10(5-3-8)20(17,18)19-7-9-6-12(13,14)11(16)15-9/h2-5,9H,6-7H2,1H3,(H,15,16)/t9-/m1/s1. The molecule has 0 aromatic heterocycles. The monoisotopic (exact) mass is 305 g/mol. The van der Waals surface area contributed by atoms with E-state index in [0.717, 1.165) is 5.56 Å². The number of hydrogen-bond donors (Lipinski definition) is 1. The molecule has 0 unspecified atom stereocenters. The molecule has 0 spiro atoms. The van der Waals surface area contributed by atoms with Crippen LogP contribution in [0.15, 0.2) is 29.2 Å². The largest absolute Gasteiger partial charge is 0.346 e. The normalized spacial score (nSPS) is 21.8. The number of rotatable bonds is 4. The van der Waals surface area contributed by atoms with Crippen molar-refractivity contribution < 1.29 is 26.2 Å². The van der Waals surface area contributed by atoms with Gasteiger partial charge in [-0.1, -0.05) is 17.7 Å². The van der Waals surface area contributed by atoms with Crippen molar-refractivity contribution in [1.29, 1.82) is 0 Å². The summed E-state index contributed by atoms with van der Waals surface area (Å²) < 4.78 is 54.3. The van der Waals surface area contributed by atoms with Gasteiger partial charge in [0.2, 0.25) is 0 Å². The Morgan fingerprint density at radius 2 is 1.95 bits per heavy atom. The molecule has 0 bridgehead atoms. The Morgan fingerprint density at radius 1 is 1.35 bits per heavy atom. The molecule has 2 rings (SSSR count). The first-order valence-electron chi connectivity index (χ1n) is 5.85. The Balaban J connectivity index is 2.00. The van der Waals surface area contributed by atoms with Gasteiger partial charge in [-0.3, -0.25) is 8.98 Å². The molecule has 5 nitrogen and oxygen atoms in total. The summed E-state index contributed by atoms with van der Waals surface area (Å²) in [7, 11) is -4.02. The van der Waals surface area contributed by atoms with Crippen molar-refractivity contribution in [2.75, 3.05) is 6.61 Å². The summed E-state index contributed by atoms with van der Waals surface area (Å²) in [6.07, 6.45) is -0.769. The van der Waals surface area contributed by atoms with Gasteiger partial charge in [-0.15, -0.1) is 0 Å². The number of nitrogens with one attached hydrogen (secondary N) is 1. The minimum Gasteiger partial charge on any atom is -0.346 e. The Labute approximate surface area is 115 Å². The van der Waals surface area contributed by atoms with E-state index in [1.807, 2.05) is 5.32 Å². The molecular formula is C12H13F2NO4S. The SMILES string of the molecule is Cc1ccc(S(=O)(=O)OC[C@H]2CC(F)(F)C(=O)N2)cc1. The van der Waals surface area contributed by atoms with Crippen molar-refractivity contribution >= 4 is 16.0 Å². The lowest BCUT2D eigenvalue weighted by Crippen LogP contribution is -2.32. The van der Waals surface area contributed by atoms with Gasteiger partial charge in [0.05, 0.1) is 17.5 Å². The average Bonchev–Trinajstić information content (AvgIpc) is 2.61. The van der Waals surface area contributed by atoms with Gasteiger partial charge < -0.3 is 5.32 Å². The van der Waals surface area contributed by atoms with Crippen molar-refractivity contribution in [1.82, 2.24) is 5.32 Å². The van der Waals surface area contributed by atoms with Gasteiger partial charge in [0.1, 0.15) is 0 Å². The summed E-state index contributed by atoms with van der Waals surface area (Å²) in [4.78, 5) is 10.8. The topological polar surface area (TPSA) is 72.5 Å². The molecule has 0 saturated carbocycles. The molecule has 20 heavy (non-hydrogen) atoms. The predicted molar refractivity (Wildman–Crippen MR) is 65.8 cm³/mol. The van der Waals surface area contributed by atoms with Gasteiger partial charge in [0, 0.05) is 6.42 Å². The van der Waals surface area contributed by atoms with Crippen LogP contribution in [0.5, 0.6) is 0 Å². The maximum atomic E-state index is 13.0. The lowest BCUT2D eigenvalue weighted by atomic mass is 10.2. The quantitative estimate of drug-likeness (QED) is 0.849. The number of alkyl halides is 2. The lowest BCUT2D eigenvalue weighted by molar-refractivity contribution is -0.139. The molecule has 110 valence electrons. The van der Waals surface area contributed by atoms with Gasteiger partial charge in [-0.05, 0) is 19.1 Å². The van der Waals surface area contributed by atoms with Crippen molar-refractivity contribution in [3.63, 3.8) is 0 Å². The fourth-order valence-electron chi connectivity index (χ4n) is 1.79. The number of aryl methyl sites for hydroxylation is 1. The van der Waals surface area contributed by atoms with Gasteiger partial charge in [0.25, 0.3) is 16.0 Å². The molecule has 1 amide bonds. The van der Waals surface area contributed by atoms with Crippen molar-refractivity contribution in [2.45, 2.75) is 30.2 Å². The van der Waals surface area contributed by atoms with Gasteiger partial charge in [-0.2, -0.15) is 17.2 Å². The molecule has 1 aliphatic rings. The van der Waals surface area contributed by atoms with E-state index < -0.39 is 41.0 Å². The Morgan fingerprint density at radius 3 is 2.45 bits per heavy atom.